The number of aromatic nitrogens is 5. The third kappa shape index (κ3) is 3.97. The summed E-state index contributed by atoms with van der Waals surface area (Å²) in [6, 6.07) is 4.40. The summed E-state index contributed by atoms with van der Waals surface area (Å²) in [4.78, 5) is 9.53. The highest BCUT2D eigenvalue weighted by Gasteiger charge is 2.21. The fourth-order valence-corrected chi connectivity index (χ4v) is 3.42. The molecule has 8 nitrogen and oxygen atoms in total. The second-order valence-electron chi connectivity index (χ2n) is 7.71. The third-order valence-corrected chi connectivity index (χ3v) is 5.05. The van der Waals surface area contributed by atoms with Crippen LogP contribution in [0.1, 0.15) is 44.2 Å². The first-order valence-corrected chi connectivity index (χ1v) is 9.83. The molecule has 0 spiro atoms. The van der Waals surface area contributed by atoms with Gasteiger partial charge in [0.2, 0.25) is 0 Å². The van der Waals surface area contributed by atoms with E-state index in [0.29, 0.717) is 18.1 Å². The van der Waals surface area contributed by atoms with Crippen LogP contribution < -0.4 is 5.32 Å². The fourth-order valence-electron chi connectivity index (χ4n) is 3.42. The smallest absolute Gasteiger partial charge is 0.258 e. The molecule has 4 aromatic rings. The number of aryl methyl sites for hydroxylation is 2. The molecule has 0 aliphatic heterocycles. The molecule has 0 aliphatic rings. The Morgan fingerprint density at radius 1 is 1.10 bits per heavy atom. The van der Waals surface area contributed by atoms with Crippen LogP contribution in [0.2, 0.25) is 0 Å². The first-order valence-electron chi connectivity index (χ1n) is 9.83. The Morgan fingerprint density at radius 2 is 1.87 bits per heavy atom. The second-order valence-corrected chi connectivity index (χ2v) is 7.71. The molecule has 4 rings (SSSR count). The Kier molecular flexibility index (Phi) is 6.28. The van der Waals surface area contributed by atoms with E-state index in [9.17, 15) is 0 Å². The predicted octanol–water partition coefficient (Wildman–Crippen LogP) is 4.51. The number of rotatable bonds is 6. The molecule has 0 fully saturated rings. The number of hydrogen-bond acceptors (Lipinski definition) is 7. The molecule has 30 heavy (non-hydrogen) atoms. The molecule has 4 aromatic heterocycles. The molecule has 9 heteroatoms. The maximum absolute atomic E-state index is 5.73. The summed E-state index contributed by atoms with van der Waals surface area (Å²) < 4.78 is 13.3. The Morgan fingerprint density at radius 3 is 2.50 bits per heavy atom. The number of halogens is 1. The van der Waals surface area contributed by atoms with E-state index in [2.05, 4.69) is 41.3 Å². The van der Waals surface area contributed by atoms with E-state index in [1.54, 1.807) is 0 Å². The van der Waals surface area contributed by atoms with Crippen molar-refractivity contribution in [3.05, 3.63) is 35.7 Å². The van der Waals surface area contributed by atoms with E-state index >= 15 is 0 Å². The normalized spacial score (nSPS) is 12.5. The minimum atomic E-state index is 0. The summed E-state index contributed by atoms with van der Waals surface area (Å²) in [5.74, 6) is 2.81. The van der Waals surface area contributed by atoms with Crippen molar-refractivity contribution in [2.45, 2.75) is 53.1 Å². The van der Waals surface area contributed by atoms with Gasteiger partial charge in [-0.1, -0.05) is 5.16 Å². The molecule has 0 radical (unpaired) electrons. The molecule has 0 saturated carbocycles. The average molecular weight is 431 g/mol. The van der Waals surface area contributed by atoms with Crippen molar-refractivity contribution < 1.29 is 8.94 Å². The van der Waals surface area contributed by atoms with E-state index in [-0.39, 0.29) is 24.5 Å². The van der Waals surface area contributed by atoms with Crippen LogP contribution in [0.5, 0.6) is 0 Å². The Hall–Kier alpha value is -2.71. The van der Waals surface area contributed by atoms with E-state index in [4.69, 9.17) is 13.9 Å². The van der Waals surface area contributed by atoms with Crippen LogP contribution in [0, 0.1) is 13.8 Å². The van der Waals surface area contributed by atoms with Gasteiger partial charge in [-0.2, -0.15) is 10.1 Å². The van der Waals surface area contributed by atoms with Gasteiger partial charge in [-0.3, -0.25) is 0 Å². The summed E-state index contributed by atoms with van der Waals surface area (Å²) in [6.07, 6.45) is 2.50. The summed E-state index contributed by atoms with van der Waals surface area (Å²) in [5.41, 5.74) is 3.36. The van der Waals surface area contributed by atoms with Crippen LogP contribution >= 0.6 is 12.4 Å². The van der Waals surface area contributed by atoms with Crippen molar-refractivity contribution in [1.29, 1.82) is 0 Å². The molecular formula is C21H27ClN6O2. The van der Waals surface area contributed by atoms with Crippen LogP contribution in [0.3, 0.4) is 0 Å². The zero-order chi connectivity index (χ0) is 20.7. The minimum Gasteiger partial charge on any atom is -0.466 e. The van der Waals surface area contributed by atoms with Gasteiger partial charge >= 0.3 is 0 Å². The van der Waals surface area contributed by atoms with Crippen LogP contribution in [-0.4, -0.2) is 38.0 Å². The Bertz CT molecular complexity index is 1160. The summed E-state index contributed by atoms with van der Waals surface area (Å²) in [5, 5.41) is 12.8. The predicted molar refractivity (Wildman–Crippen MR) is 118 cm³/mol. The highest BCUT2D eigenvalue weighted by Crippen LogP contribution is 2.34. The highest BCUT2D eigenvalue weighted by molar-refractivity contribution is 5.93. The van der Waals surface area contributed by atoms with E-state index in [1.807, 2.05) is 43.9 Å². The Labute approximate surface area is 181 Å². The molecule has 4 heterocycles. The molecule has 1 unspecified atom stereocenters. The van der Waals surface area contributed by atoms with Crippen LogP contribution in [0.15, 0.2) is 27.3 Å². The standard InChI is InChI=1S/C21H26N6O2.ClH/c1-11(2)27-20-17(10-23-27)16(21-25-19(26-29-21)7-12(3)22-6)9-18(24-20)15-8-13(4)28-14(15)5;/h8-12,22H,7H2,1-6H3;1H. The van der Waals surface area contributed by atoms with Crippen molar-refractivity contribution in [2.24, 2.45) is 0 Å². The summed E-state index contributed by atoms with van der Waals surface area (Å²) in [7, 11) is 1.92. The van der Waals surface area contributed by atoms with Gasteiger partial charge in [0.15, 0.2) is 11.5 Å². The molecule has 0 aliphatic carbocycles. The molecule has 0 amide bonds. The lowest BCUT2D eigenvalue weighted by molar-refractivity contribution is 0.418. The van der Waals surface area contributed by atoms with Crippen molar-refractivity contribution in [3.8, 4) is 22.7 Å². The number of hydrogen-bond donors (Lipinski definition) is 1. The molecule has 1 atom stereocenters. The molecule has 1 N–H and O–H groups in total. The largest absolute Gasteiger partial charge is 0.466 e. The van der Waals surface area contributed by atoms with Gasteiger partial charge in [0.25, 0.3) is 5.89 Å². The third-order valence-electron chi connectivity index (χ3n) is 5.05. The number of fused-ring (bicyclic) bond motifs is 1. The lowest BCUT2D eigenvalue weighted by atomic mass is 10.1. The zero-order valence-electron chi connectivity index (χ0n) is 18.1. The SMILES string of the molecule is CNC(C)Cc1noc(-c2cc(-c3cc(C)oc3C)nc3c2cnn3C(C)C)n1.Cl. The van der Waals surface area contributed by atoms with Crippen LogP contribution in [-0.2, 0) is 6.42 Å². The van der Waals surface area contributed by atoms with Crippen molar-refractivity contribution in [2.75, 3.05) is 7.05 Å². The maximum Gasteiger partial charge on any atom is 0.258 e. The number of furan rings is 1. The number of nitrogens with zero attached hydrogens (tertiary/aromatic N) is 5. The highest BCUT2D eigenvalue weighted by atomic mass is 35.5. The Balaban J connectivity index is 0.00000256. The van der Waals surface area contributed by atoms with Gasteiger partial charge in [-0.05, 0) is 53.8 Å². The average Bonchev–Trinajstić information content (AvgIpc) is 3.39. The van der Waals surface area contributed by atoms with Gasteiger partial charge in [0.05, 0.1) is 22.8 Å². The monoisotopic (exact) mass is 430 g/mol. The number of likely N-dealkylation sites (N-methyl/N-ethyl adjacent to an activating group) is 1. The molecule has 0 saturated heterocycles. The first kappa shape index (κ1) is 22.0. The fraction of sp³-hybridized carbons (Fsp3) is 0.429. The molecule has 160 valence electrons. The zero-order valence-corrected chi connectivity index (χ0v) is 18.9. The second kappa shape index (κ2) is 8.57. The molecule has 0 bridgehead atoms. The van der Waals surface area contributed by atoms with Gasteiger partial charge < -0.3 is 14.3 Å². The van der Waals surface area contributed by atoms with E-state index < -0.39 is 0 Å². The summed E-state index contributed by atoms with van der Waals surface area (Å²) >= 11 is 0. The summed E-state index contributed by atoms with van der Waals surface area (Å²) in [6.45, 7) is 10.1. The lowest BCUT2D eigenvalue weighted by Crippen LogP contribution is -2.24. The quantitative estimate of drug-likeness (QED) is 0.480. The van der Waals surface area contributed by atoms with Crippen molar-refractivity contribution in [3.63, 3.8) is 0 Å². The first-order chi connectivity index (χ1) is 13.9. The van der Waals surface area contributed by atoms with Gasteiger partial charge in [0, 0.05) is 24.1 Å². The van der Waals surface area contributed by atoms with Gasteiger partial charge in [0.1, 0.15) is 11.5 Å². The lowest BCUT2D eigenvalue weighted by Gasteiger charge is -2.09. The minimum absolute atomic E-state index is 0. The number of pyridine rings is 1. The van der Waals surface area contributed by atoms with E-state index in [1.165, 1.54) is 0 Å². The van der Waals surface area contributed by atoms with Crippen molar-refractivity contribution >= 4 is 23.4 Å². The van der Waals surface area contributed by atoms with Gasteiger partial charge in [-0.25, -0.2) is 9.67 Å². The molecule has 0 aromatic carbocycles. The van der Waals surface area contributed by atoms with Crippen LogP contribution in [0.25, 0.3) is 33.7 Å². The van der Waals surface area contributed by atoms with E-state index in [0.717, 1.165) is 39.4 Å². The van der Waals surface area contributed by atoms with Crippen molar-refractivity contribution in [1.82, 2.24) is 30.2 Å². The number of nitrogens with one attached hydrogen (secondary N) is 1. The molecular weight excluding hydrogens is 404 g/mol. The maximum atomic E-state index is 5.73. The van der Waals surface area contributed by atoms with Gasteiger partial charge in [-0.15, -0.1) is 12.4 Å². The van der Waals surface area contributed by atoms with Crippen LogP contribution in [0.4, 0.5) is 0 Å². The topological polar surface area (TPSA) is 94.8 Å².